The zero-order valence-corrected chi connectivity index (χ0v) is 28.4. The molecule has 0 unspecified atom stereocenters. The summed E-state index contributed by atoms with van der Waals surface area (Å²) in [5, 5.41) is 28.2. The number of esters is 1. The number of carbonyl (C=O) groups is 1. The zero-order valence-electron chi connectivity index (χ0n) is 28.4. The fourth-order valence-corrected chi connectivity index (χ4v) is 5.33. The Bertz CT molecular complexity index is 2000. The van der Waals surface area contributed by atoms with Crippen LogP contribution in [0.25, 0.3) is 24.1 Å². The molecule has 0 N–H and O–H groups in total. The average molecular weight is 693 g/mol. The first kappa shape index (κ1) is 37.6. The Balaban J connectivity index is 1.25. The molecular formula is C40H35F3N4O4. The second kappa shape index (κ2) is 17.4. The van der Waals surface area contributed by atoms with E-state index in [1.165, 1.54) is 12.1 Å². The minimum absolute atomic E-state index is 0.0159. The van der Waals surface area contributed by atoms with Gasteiger partial charge in [0.05, 0.1) is 12.2 Å². The Labute approximate surface area is 294 Å². The molecule has 4 rings (SSSR count). The van der Waals surface area contributed by atoms with Crippen LogP contribution in [-0.4, -0.2) is 31.3 Å². The first-order valence-corrected chi connectivity index (χ1v) is 16.2. The molecule has 51 heavy (non-hydrogen) atoms. The number of nitrogens with zero attached hydrogens (tertiary/aromatic N) is 4. The Morgan fingerprint density at radius 2 is 1.47 bits per heavy atom. The SMILES string of the molecule is CCN(CCCCCOC(=O)c1ccc(C(F)=C(F)F)cc1)c1ccc(/C=C/c2ccc(/C=C/C3=C(C#N)C(=C(C#N)C#N)OC3(C)C)o2)cc1. The molecule has 3 aromatic rings. The van der Waals surface area contributed by atoms with E-state index in [1.54, 1.807) is 44.2 Å². The van der Waals surface area contributed by atoms with Gasteiger partial charge in [0.15, 0.2) is 17.2 Å². The summed E-state index contributed by atoms with van der Waals surface area (Å²) in [5.74, 6) is -1.04. The standard InChI is InChI=1S/C40H35F3N4O4/c1-4-47(22-6-5-7-23-49-39(48)29-13-11-28(12-14-29)36(41)38(42)43)31-15-8-27(9-16-31)10-17-32-18-19-33(50-32)20-21-35-34(26-46)37(30(24-44)25-45)51-40(35,2)3/h8-21H,4-7,22-23H2,1-3H3/b17-10+,21-20+. The number of furan rings is 1. The number of hydrogen-bond donors (Lipinski definition) is 0. The first-order valence-electron chi connectivity index (χ1n) is 16.2. The van der Waals surface area contributed by atoms with Gasteiger partial charge in [-0.3, -0.25) is 0 Å². The van der Waals surface area contributed by atoms with Crippen LogP contribution in [0.1, 0.15) is 73.0 Å². The van der Waals surface area contributed by atoms with Crippen molar-refractivity contribution in [1.82, 2.24) is 0 Å². The Hall–Kier alpha value is -6.25. The van der Waals surface area contributed by atoms with E-state index in [2.05, 4.69) is 30.0 Å². The number of carbonyl (C=O) groups excluding carboxylic acids is 1. The molecule has 0 fully saturated rings. The number of anilines is 1. The molecule has 0 saturated heterocycles. The van der Waals surface area contributed by atoms with Gasteiger partial charge in [0.25, 0.3) is 0 Å². The molecule has 0 atom stereocenters. The molecule has 0 radical (unpaired) electrons. The van der Waals surface area contributed by atoms with Gasteiger partial charge in [-0.05, 0) is 100 Å². The van der Waals surface area contributed by atoms with Crippen LogP contribution in [0.5, 0.6) is 0 Å². The maximum absolute atomic E-state index is 13.3. The predicted octanol–water partition coefficient (Wildman–Crippen LogP) is 9.78. The topological polar surface area (TPSA) is 123 Å². The second-order valence-corrected chi connectivity index (χ2v) is 11.9. The van der Waals surface area contributed by atoms with Crippen LogP contribution in [0, 0.1) is 34.0 Å². The number of ether oxygens (including phenoxy) is 2. The highest BCUT2D eigenvalue weighted by atomic mass is 19.3. The fourth-order valence-electron chi connectivity index (χ4n) is 5.33. The van der Waals surface area contributed by atoms with Gasteiger partial charge in [0.1, 0.15) is 40.9 Å². The average Bonchev–Trinajstić information content (AvgIpc) is 3.70. The second-order valence-electron chi connectivity index (χ2n) is 11.9. The number of rotatable bonds is 14. The van der Waals surface area contributed by atoms with Crippen LogP contribution >= 0.6 is 0 Å². The number of halogens is 3. The number of unbranched alkanes of at least 4 members (excludes halogenated alkanes) is 2. The van der Waals surface area contributed by atoms with E-state index in [-0.39, 0.29) is 34.6 Å². The van der Waals surface area contributed by atoms with Crippen molar-refractivity contribution in [2.45, 2.75) is 45.6 Å². The Kier molecular flexibility index (Phi) is 12.8. The highest BCUT2D eigenvalue weighted by molar-refractivity contribution is 5.89. The molecular weight excluding hydrogens is 657 g/mol. The van der Waals surface area contributed by atoms with E-state index in [0.29, 0.717) is 23.5 Å². The number of benzene rings is 2. The van der Waals surface area contributed by atoms with E-state index >= 15 is 0 Å². The fraction of sp³-hybridized carbons (Fsp3) is 0.250. The largest absolute Gasteiger partial charge is 0.480 e. The molecule has 2 aromatic carbocycles. The summed E-state index contributed by atoms with van der Waals surface area (Å²) < 4.78 is 55.1. The van der Waals surface area contributed by atoms with Gasteiger partial charge in [-0.25, -0.2) is 9.18 Å². The normalized spacial score (nSPS) is 13.4. The quantitative estimate of drug-likeness (QED) is 0.0929. The molecule has 1 aromatic heterocycles. The summed E-state index contributed by atoms with van der Waals surface area (Å²) in [6.45, 7) is 7.45. The molecule has 8 nitrogen and oxygen atoms in total. The third kappa shape index (κ3) is 9.68. The van der Waals surface area contributed by atoms with Crippen LogP contribution in [0.4, 0.5) is 18.9 Å². The van der Waals surface area contributed by atoms with Gasteiger partial charge >= 0.3 is 12.0 Å². The Morgan fingerprint density at radius 3 is 2.06 bits per heavy atom. The number of nitriles is 3. The number of hydrogen-bond acceptors (Lipinski definition) is 8. The van der Waals surface area contributed by atoms with Crippen molar-refractivity contribution < 1.29 is 31.9 Å². The molecule has 1 aliphatic heterocycles. The summed E-state index contributed by atoms with van der Waals surface area (Å²) in [6.07, 6.45) is 7.17. The lowest BCUT2D eigenvalue weighted by atomic mass is 9.94. The molecule has 0 amide bonds. The summed E-state index contributed by atoms with van der Waals surface area (Å²) in [6, 6.07) is 22.1. The number of allylic oxidation sites excluding steroid dienone is 2. The molecule has 2 heterocycles. The van der Waals surface area contributed by atoms with Crippen LogP contribution in [0.3, 0.4) is 0 Å². The van der Waals surface area contributed by atoms with Crippen LogP contribution in [0.15, 0.2) is 99.7 Å². The highest BCUT2D eigenvalue weighted by Gasteiger charge is 2.38. The molecule has 0 aliphatic carbocycles. The third-order valence-corrected chi connectivity index (χ3v) is 8.05. The van der Waals surface area contributed by atoms with E-state index in [0.717, 1.165) is 49.3 Å². The van der Waals surface area contributed by atoms with E-state index in [1.807, 2.05) is 30.4 Å². The van der Waals surface area contributed by atoms with Gasteiger partial charge < -0.3 is 18.8 Å². The van der Waals surface area contributed by atoms with Crippen molar-refractivity contribution in [3.05, 3.63) is 124 Å². The van der Waals surface area contributed by atoms with E-state index < -0.39 is 23.5 Å². The lowest BCUT2D eigenvalue weighted by molar-refractivity contribution is 0.0498. The summed E-state index contributed by atoms with van der Waals surface area (Å²) in [7, 11) is 0. The van der Waals surface area contributed by atoms with Crippen molar-refractivity contribution in [3.8, 4) is 18.2 Å². The first-order chi connectivity index (χ1) is 24.5. The van der Waals surface area contributed by atoms with Gasteiger partial charge in [-0.2, -0.15) is 24.6 Å². The smallest absolute Gasteiger partial charge is 0.338 e. The van der Waals surface area contributed by atoms with Crippen molar-refractivity contribution in [3.63, 3.8) is 0 Å². The minimum atomic E-state index is -2.41. The maximum Gasteiger partial charge on any atom is 0.338 e. The summed E-state index contributed by atoms with van der Waals surface area (Å²) >= 11 is 0. The summed E-state index contributed by atoms with van der Waals surface area (Å²) in [5.41, 5.74) is 1.44. The van der Waals surface area contributed by atoms with Gasteiger partial charge in [-0.1, -0.05) is 30.3 Å². The lowest BCUT2D eigenvalue weighted by Gasteiger charge is -2.23. The van der Waals surface area contributed by atoms with Gasteiger partial charge in [0, 0.05) is 29.9 Å². The molecule has 0 spiro atoms. The lowest BCUT2D eigenvalue weighted by Crippen LogP contribution is -2.23. The zero-order chi connectivity index (χ0) is 37.0. The molecule has 0 saturated carbocycles. The van der Waals surface area contributed by atoms with Crippen molar-refractivity contribution in [1.29, 1.82) is 15.8 Å². The highest BCUT2D eigenvalue weighted by Crippen LogP contribution is 2.40. The molecule has 0 bridgehead atoms. The third-order valence-electron chi connectivity index (χ3n) is 8.05. The Morgan fingerprint density at radius 1 is 0.843 bits per heavy atom. The van der Waals surface area contributed by atoms with Crippen molar-refractivity contribution in [2.24, 2.45) is 0 Å². The summed E-state index contributed by atoms with van der Waals surface area (Å²) in [4.78, 5) is 14.5. The van der Waals surface area contributed by atoms with Crippen LogP contribution < -0.4 is 4.90 Å². The monoisotopic (exact) mass is 692 g/mol. The van der Waals surface area contributed by atoms with E-state index in [4.69, 9.17) is 13.9 Å². The van der Waals surface area contributed by atoms with Gasteiger partial charge in [0.2, 0.25) is 0 Å². The predicted molar refractivity (Wildman–Crippen MR) is 188 cm³/mol. The van der Waals surface area contributed by atoms with Crippen LogP contribution in [-0.2, 0) is 9.47 Å². The van der Waals surface area contributed by atoms with Gasteiger partial charge in [-0.15, -0.1) is 0 Å². The van der Waals surface area contributed by atoms with Crippen LogP contribution in [0.2, 0.25) is 0 Å². The molecule has 11 heteroatoms. The van der Waals surface area contributed by atoms with Crippen molar-refractivity contribution in [2.75, 3.05) is 24.6 Å². The van der Waals surface area contributed by atoms with Crippen molar-refractivity contribution >= 4 is 35.7 Å². The maximum atomic E-state index is 13.3. The molecule has 1 aliphatic rings. The molecule has 260 valence electrons. The minimum Gasteiger partial charge on any atom is -0.480 e. The van der Waals surface area contributed by atoms with E-state index in [9.17, 15) is 33.8 Å².